The SMILES string of the molecule is Cc1c(C)n(CCO)c2ncn3nc(CO/N=C\c4ccc(Cl)cc4)nc3c12. The maximum atomic E-state index is 9.33. The Morgan fingerprint density at radius 2 is 2.00 bits per heavy atom. The van der Waals surface area contributed by atoms with E-state index in [-0.39, 0.29) is 13.2 Å². The molecule has 4 rings (SSSR count). The molecule has 0 amide bonds. The van der Waals surface area contributed by atoms with Gasteiger partial charge in [-0.05, 0) is 37.1 Å². The molecule has 0 spiro atoms. The molecule has 4 aromatic rings. The van der Waals surface area contributed by atoms with E-state index < -0.39 is 0 Å². The molecule has 8 nitrogen and oxygen atoms in total. The van der Waals surface area contributed by atoms with Gasteiger partial charge in [-0.25, -0.2) is 14.5 Å². The van der Waals surface area contributed by atoms with Crippen molar-refractivity contribution in [2.45, 2.75) is 27.0 Å². The fourth-order valence-corrected chi connectivity index (χ4v) is 3.28. The molecule has 3 heterocycles. The molecule has 0 aliphatic carbocycles. The molecule has 0 bridgehead atoms. The highest BCUT2D eigenvalue weighted by Crippen LogP contribution is 2.26. The molecular weight excluding hydrogens is 380 g/mol. The average Bonchev–Trinajstić information content (AvgIpc) is 3.21. The molecule has 0 fully saturated rings. The first-order chi connectivity index (χ1) is 13.6. The number of hydrogen-bond donors (Lipinski definition) is 1. The summed E-state index contributed by atoms with van der Waals surface area (Å²) in [5, 5.41) is 19.3. The first-order valence-electron chi connectivity index (χ1n) is 8.80. The summed E-state index contributed by atoms with van der Waals surface area (Å²) in [4.78, 5) is 14.4. The van der Waals surface area contributed by atoms with Crippen LogP contribution in [0.25, 0.3) is 16.7 Å². The fourth-order valence-electron chi connectivity index (χ4n) is 3.15. The Morgan fingerprint density at radius 1 is 1.21 bits per heavy atom. The minimum atomic E-state index is 0.0499. The minimum absolute atomic E-state index is 0.0499. The molecule has 0 atom stereocenters. The van der Waals surface area contributed by atoms with Crippen LogP contribution in [-0.4, -0.2) is 42.1 Å². The van der Waals surface area contributed by atoms with E-state index in [2.05, 4.69) is 20.2 Å². The van der Waals surface area contributed by atoms with Gasteiger partial charge < -0.3 is 14.5 Å². The lowest BCUT2D eigenvalue weighted by molar-refractivity contribution is 0.126. The van der Waals surface area contributed by atoms with Crippen molar-refractivity contribution in [1.82, 2.24) is 24.1 Å². The second-order valence-electron chi connectivity index (χ2n) is 6.38. The van der Waals surface area contributed by atoms with Crippen molar-refractivity contribution in [3.05, 3.63) is 58.3 Å². The van der Waals surface area contributed by atoms with Gasteiger partial charge in [-0.15, -0.1) is 5.10 Å². The molecule has 9 heteroatoms. The van der Waals surface area contributed by atoms with E-state index in [1.165, 1.54) is 0 Å². The summed E-state index contributed by atoms with van der Waals surface area (Å²) in [6.07, 6.45) is 3.23. The number of rotatable bonds is 6. The standard InChI is InChI=1S/C19H19ClN6O2/c1-12-13(2)25(7-8-27)18-17(12)19-23-16(24-26(19)11-21-18)10-28-22-9-14-3-5-15(20)6-4-14/h3-6,9,11,27H,7-8,10H2,1-2H3/b22-9-. The molecule has 0 saturated heterocycles. The minimum Gasteiger partial charge on any atom is -0.395 e. The molecule has 0 aliphatic rings. The number of benzene rings is 1. The number of halogens is 1. The van der Waals surface area contributed by atoms with E-state index in [1.54, 1.807) is 29.2 Å². The summed E-state index contributed by atoms with van der Waals surface area (Å²) in [7, 11) is 0. The summed E-state index contributed by atoms with van der Waals surface area (Å²) in [6.45, 7) is 4.71. The van der Waals surface area contributed by atoms with E-state index >= 15 is 0 Å². The summed E-state index contributed by atoms with van der Waals surface area (Å²) >= 11 is 5.86. The van der Waals surface area contributed by atoms with Gasteiger partial charge in [-0.3, -0.25) is 0 Å². The van der Waals surface area contributed by atoms with Gasteiger partial charge in [0.25, 0.3) is 0 Å². The third kappa shape index (κ3) is 3.32. The summed E-state index contributed by atoms with van der Waals surface area (Å²) in [5.41, 5.74) is 4.51. The number of aryl methyl sites for hydroxylation is 1. The van der Waals surface area contributed by atoms with Crippen LogP contribution >= 0.6 is 11.6 Å². The van der Waals surface area contributed by atoms with Crippen LogP contribution in [-0.2, 0) is 18.0 Å². The van der Waals surface area contributed by atoms with E-state index in [1.807, 2.05) is 30.5 Å². The van der Waals surface area contributed by atoms with E-state index in [0.717, 1.165) is 27.9 Å². The van der Waals surface area contributed by atoms with Crippen molar-refractivity contribution >= 4 is 34.5 Å². The molecule has 0 saturated carbocycles. The van der Waals surface area contributed by atoms with Gasteiger partial charge in [0.1, 0.15) is 12.0 Å². The van der Waals surface area contributed by atoms with Crippen LogP contribution in [0.2, 0.25) is 5.02 Å². The molecular formula is C19H19ClN6O2. The Balaban J connectivity index is 1.58. The second kappa shape index (κ2) is 7.57. The van der Waals surface area contributed by atoms with Crippen molar-refractivity contribution < 1.29 is 9.94 Å². The Hall–Kier alpha value is -2.97. The Bertz CT molecular complexity index is 1160. The molecule has 3 aromatic heterocycles. The van der Waals surface area contributed by atoms with Crippen molar-refractivity contribution in [2.24, 2.45) is 5.16 Å². The molecule has 144 valence electrons. The summed E-state index contributed by atoms with van der Waals surface area (Å²) in [5.74, 6) is 0.509. The third-order valence-electron chi connectivity index (χ3n) is 4.65. The third-order valence-corrected chi connectivity index (χ3v) is 4.91. The van der Waals surface area contributed by atoms with E-state index in [9.17, 15) is 5.11 Å². The lowest BCUT2D eigenvalue weighted by Crippen LogP contribution is -2.05. The number of oxime groups is 1. The quantitative estimate of drug-likeness (QED) is 0.398. The van der Waals surface area contributed by atoms with Crippen LogP contribution in [0.5, 0.6) is 0 Å². The van der Waals surface area contributed by atoms with Gasteiger partial charge in [0.15, 0.2) is 18.1 Å². The average molecular weight is 399 g/mol. The molecule has 1 N–H and O–H groups in total. The molecule has 0 radical (unpaired) electrons. The molecule has 1 aromatic carbocycles. The number of aliphatic hydroxyl groups excluding tert-OH is 1. The van der Waals surface area contributed by atoms with Crippen molar-refractivity contribution in [3.8, 4) is 0 Å². The monoisotopic (exact) mass is 398 g/mol. The largest absolute Gasteiger partial charge is 0.395 e. The van der Waals surface area contributed by atoms with Gasteiger partial charge in [0.2, 0.25) is 0 Å². The Morgan fingerprint density at radius 3 is 2.75 bits per heavy atom. The van der Waals surface area contributed by atoms with Crippen LogP contribution in [0.3, 0.4) is 0 Å². The Labute approximate surface area is 166 Å². The number of fused-ring (bicyclic) bond motifs is 3. The van der Waals surface area contributed by atoms with Crippen molar-refractivity contribution in [3.63, 3.8) is 0 Å². The summed E-state index contributed by atoms with van der Waals surface area (Å²) < 4.78 is 3.63. The normalized spacial score (nSPS) is 11.9. The van der Waals surface area contributed by atoms with Crippen molar-refractivity contribution in [1.29, 1.82) is 0 Å². The highest BCUT2D eigenvalue weighted by molar-refractivity contribution is 6.30. The van der Waals surface area contributed by atoms with Crippen LogP contribution in [0, 0.1) is 13.8 Å². The van der Waals surface area contributed by atoms with Crippen LogP contribution in [0.15, 0.2) is 35.7 Å². The number of hydrogen-bond acceptors (Lipinski definition) is 6. The lowest BCUT2D eigenvalue weighted by atomic mass is 10.2. The maximum Gasteiger partial charge on any atom is 0.192 e. The zero-order chi connectivity index (χ0) is 19.7. The zero-order valence-electron chi connectivity index (χ0n) is 15.5. The highest BCUT2D eigenvalue weighted by atomic mass is 35.5. The van der Waals surface area contributed by atoms with Gasteiger partial charge in [0, 0.05) is 17.3 Å². The second-order valence-corrected chi connectivity index (χ2v) is 6.82. The Kier molecular flexibility index (Phi) is 4.97. The van der Waals surface area contributed by atoms with Crippen molar-refractivity contribution in [2.75, 3.05) is 6.61 Å². The smallest absolute Gasteiger partial charge is 0.192 e. The lowest BCUT2D eigenvalue weighted by Gasteiger charge is -2.04. The van der Waals surface area contributed by atoms with Gasteiger partial charge in [0.05, 0.1) is 18.2 Å². The van der Waals surface area contributed by atoms with Gasteiger partial charge >= 0.3 is 0 Å². The predicted octanol–water partition coefficient (Wildman–Crippen LogP) is 2.89. The first kappa shape index (κ1) is 18.4. The number of nitrogens with zero attached hydrogens (tertiary/aromatic N) is 6. The zero-order valence-corrected chi connectivity index (χ0v) is 16.3. The first-order valence-corrected chi connectivity index (χ1v) is 9.17. The van der Waals surface area contributed by atoms with E-state index in [0.29, 0.717) is 23.0 Å². The highest BCUT2D eigenvalue weighted by Gasteiger charge is 2.17. The predicted molar refractivity (Wildman–Crippen MR) is 107 cm³/mol. The van der Waals surface area contributed by atoms with Crippen LogP contribution in [0.4, 0.5) is 0 Å². The van der Waals surface area contributed by atoms with Gasteiger partial charge in [-0.1, -0.05) is 28.9 Å². The summed E-state index contributed by atoms with van der Waals surface area (Å²) in [6, 6.07) is 7.28. The molecule has 0 aliphatic heterocycles. The van der Waals surface area contributed by atoms with E-state index in [4.69, 9.17) is 16.4 Å². The van der Waals surface area contributed by atoms with Gasteiger partial charge in [-0.2, -0.15) is 0 Å². The number of aliphatic hydroxyl groups is 1. The van der Waals surface area contributed by atoms with Crippen LogP contribution in [0.1, 0.15) is 22.6 Å². The maximum absolute atomic E-state index is 9.33. The van der Waals surface area contributed by atoms with Crippen LogP contribution < -0.4 is 0 Å². The molecule has 28 heavy (non-hydrogen) atoms. The molecule has 0 unspecified atom stereocenters. The topological polar surface area (TPSA) is 89.8 Å². The number of aromatic nitrogens is 5. The fraction of sp³-hybridized carbons (Fsp3) is 0.263.